The number of benzene rings is 1. The minimum atomic E-state index is -0.714. The molecule has 1 unspecified atom stereocenters. The molecule has 0 saturated heterocycles. The summed E-state index contributed by atoms with van der Waals surface area (Å²) in [5, 5.41) is 12.4. The van der Waals surface area contributed by atoms with E-state index in [1.54, 1.807) is 11.1 Å². The van der Waals surface area contributed by atoms with Gasteiger partial charge in [-0.05, 0) is 30.4 Å². The van der Waals surface area contributed by atoms with E-state index in [9.17, 15) is 4.79 Å². The molecule has 1 atom stereocenters. The van der Waals surface area contributed by atoms with Gasteiger partial charge in [0.1, 0.15) is 6.07 Å². The molecule has 1 aliphatic heterocycles. The van der Waals surface area contributed by atoms with Crippen LogP contribution in [0.5, 0.6) is 0 Å². The van der Waals surface area contributed by atoms with Crippen LogP contribution in [0, 0.1) is 11.3 Å². The number of carbonyl (C=O) groups is 1. The predicted molar refractivity (Wildman–Crippen MR) is 98.7 cm³/mol. The number of amides is 1. The maximum Gasteiger partial charge on any atom is 0.411 e. The summed E-state index contributed by atoms with van der Waals surface area (Å²) in [4.78, 5) is 22.8. The van der Waals surface area contributed by atoms with Crippen molar-refractivity contribution in [2.75, 3.05) is 5.32 Å². The molecule has 0 spiro atoms. The normalized spacial score (nSPS) is 16.4. The molecule has 7 nitrogen and oxygen atoms in total. The van der Waals surface area contributed by atoms with E-state index in [2.05, 4.69) is 39.6 Å². The van der Waals surface area contributed by atoms with Crippen LogP contribution in [0.25, 0.3) is 0 Å². The maximum atomic E-state index is 12.2. The van der Waals surface area contributed by atoms with E-state index in [4.69, 9.17) is 10.00 Å². The second-order valence-corrected chi connectivity index (χ2v) is 6.95. The number of carbonyl (C=O) groups excluding carboxylic acids is 1. The number of ether oxygens (including phenoxy) is 1. The van der Waals surface area contributed by atoms with Crippen molar-refractivity contribution in [3.05, 3.63) is 52.8 Å². The minimum absolute atomic E-state index is 0.281. The fourth-order valence-electron chi connectivity index (χ4n) is 3.59. The summed E-state index contributed by atoms with van der Waals surface area (Å²) in [6.45, 7) is 2.59. The Labute approximate surface area is 158 Å². The molecule has 1 aromatic heterocycles. The molecule has 1 amide bonds. The smallest absolute Gasteiger partial charge is 0.411 e. The Balaban J connectivity index is 1.39. The van der Waals surface area contributed by atoms with Crippen molar-refractivity contribution in [2.24, 2.45) is 0 Å². The molecule has 1 N–H and O–H groups in total. The van der Waals surface area contributed by atoms with Gasteiger partial charge in [-0.1, -0.05) is 31.2 Å². The Morgan fingerprint density at radius 3 is 2.74 bits per heavy atom. The monoisotopic (exact) mass is 363 g/mol. The van der Waals surface area contributed by atoms with Gasteiger partial charge in [0.2, 0.25) is 5.95 Å². The Bertz CT molecular complexity index is 882. The second kappa shape index (κ2) is 7.23. The van der Waals surface area contributed by atoms with Gasteiger partial charge in [0.15, 0.2) is 6.10 Å². The molecule has 0 fully saturated rings. The summed E-state index contributed by atoms with van der Waals surface area (Å²) < 4.78 is 5.20. The lowest BCUT2D eigenvalue weighted by molar-refractivity contribution is 0.0802. The van der Waals surface area contributed by atoms with E-state index in [-0.39, 0.29) is 6.04 Å². The van der Waals surface area contributed by atoms with E-state index in [1.165, 1.54) is 11.1 Å². The van der Waals surface area contributed by atoms with Crippen molar-refractivity contribution in [1.29, 1.82) is 5.26 Å². The average Bonchev–Trinajstić information content (AvgIpc) is 3.28. The van der Waals surface area contributed by atoms with Gasteiger partial charge in [-0.2, -0.15) is 5.26 Å². The molecule has 1 aromatic carbocycles. The molecule has 0 radical (unpaired) electrons. The Kier molecular flexibility index (Phi) is 4.63. The maximum absolute atomic E-state index is 12.2. The van der Waals surface area contributed by atoms with Gasteiger partial charge in [-0.3, -0.25) is 4.90 Å². The van der Waals surface area contributed by atoms with E-state index in [1.807, 2.05) is 13.0 Å². The highest BCUT2D eigenvalue weighted by molar-refractivity contribution is 5.69. The number of rotatable bonds is 4. The van der Waals surface area contributed by atoms with Gasteiger partial charge in [0.25, 0.3) is 0 Å². The lowest BCUT2D eigenvalue weighted by atomic mass is 10.1. The van der Waals surface area contributed by atoms with E-state index >= 15 is 0 Å². The Morgan fingerprint density at radius 2 is 2.07 bits per heavy atom. The number of nitrogens with zero attached hydrogens (tertiary/aromatic N) is 4. The van der Waals surface area contributed by atoms with Crippen LogP contribution < -0.4 is 5.32 Å². The number of nitrogens with one attached hydrogen (secondary N) is 1. The van der Waals surface area contributed by atoms with Gasteiger partial charge < -0.3 is 10.1 Å². The third-order valence-electron chi connectivity index (χ3n) is 5.06. The topological polar surface area (TPSA) is 91.1 Å². The summed E-state index contributed by atoms with van der Waals surface area (Å²) in [6.07, 6.45) is 2.96. The fourth-order valence-corrected chi connectivity index (χ4v) is 3.59. The van der Waals surface area contributed by atoms with Crippen molar-refractivity contribution < 1.29 is 9.53 Å². The van der Waals surface area contributed by atoms with Gasteiger partial charge >= 0.3 is 6.09 Å². The number of hydrogen-bond acceptors (Lipinski definition) is 6. The molecule has 2 aliphatic rings. The lowest BCUT2D eigenvalue weighted by Gasteiger charge is -2.16. The minimum Gasteiger partial charge on any atom is -0.431 e. The van der Waals surface area contributed by atoms with E-state index < -0.39 is 12.2 Å². The number of nitriles is 1. The molecule has 1 aliphatic carbocycles. The summed E-state index contributed by atoms with van der Waals surface area (Å²) in [6, 6.07) is 10.7. The van der Waals surface area contributed by atoms with Crippen LogP contribution >= 0.6 is 0 Å². The van der Waals surface area contributed by atoms with Gasteiger partial charge in [-0.25, -0.2) is 14.8 Å². The fraction of sp³-hybridized carbons (Fsp3) is 0.400. The number of aromatic nitrogens is 2. The van der Waals surface area contributed by atoms with Crippen LogP contribution in [-0.2, 0) is 30.7 Å². The number of anilines is 1. The van der Waals surface area contributed by atoms with Gasteiger partial charge in [0, 0.05) is 17.8 Å². The highest BCUT2D eigenvalue weighted by atomic mass is 16.6. The summed E-state index contributed by atoms with van der Waals surface area (Å²) in [7, 11) is 0. The van der Waals surface area contributed by atoms with E-state index in [0.29, 0.717) is 25.5 Å². The van der Waals surface area contributed by atoms with Gasteiger partial charge in [-0.15, -0.1) is 0 Å². The van der Waals surface area contributed by atoms with Crippen molar-refractivity contribution >= 4 is 12.0 Å². The van der Waals surface area contributed by atoms with Crippen LogP contribution in [0.2, 0.25) is 0 Å². The molecule has 2 aromatic rings. The first kappa shape index (κ1) is 17.3. The first-order chi connectivity index (χ1) is 13.2. The molecule has 27 heavy (non-hydrogen) atoms. The SMILES string of the molecule is CCC(C#N)OC(=O)N1Cc2cnc(NC3Cc4ccccc4C3)nc2C1. The Hall–Kier alpha value is -3.14. The Morgan fingerprint density at radius 1 is 1.33 bits per heavy atom. The molecule has 7 heteroatoms. The molecule has 4 rings (SSSR count). The van der Waals surface area contributed by atoms with Crippen LogP contribution in [0.4, 0.5) is 10.7 Å². The first-order valence-corrected chi connectivity index (χ1v) is 9.19. The van der Waals surface area contributed by atoms with Crippen LogP contribution in [0.3, 0.4) is 0 Å². The van der Waals surface area contributed by atoms with Gasteiger partial charge in [0.05, 0.1) is 18.8 Å². The van der Waals surface area contributed by atoms with Crippen molar-refractivity contribution in [1.82, 2.24) is 14.9 Å². The largest absolute Gasteiger partial charge is 0.431 e. The van der Waals surface area contributed by atoms with Crippen LogP contribution in [0.1, 0.15) is 35.7 Å². The number of fused-ring (bicyclic) bond motifs is 2. The first-order valence-electron chi connectivity index (χ1n) is 9.19. The third-order valence-corrected chi connectivity index (χ3v) is 5.06. The molecule has 138 valence electrons. The zero-order chi connectivity index (χ0) is 18.8. The van der Waals surface area contributed by atoms with Crippen LogP contribution in [0.15, 0.2) is 30.5 Å². The van der Waals surface area contributed by atoms with Crippen molar-refractivity contribution in [3.63, 3.8) is 0 Å². The highest BCUT2D eigenvalue weighted by Gasteiger charge is 2.28. The quantitative estimate of drug-likeness (QED) is 0.898. The molecule has 2 heterocycles. The standard InChI is InChI=1S/C20H21N5O2/c1-2-17(9-21)27-20(26)25-11-15-10-22-19(24-18(15)12-25)23-16-7-13-5-3-4-6-14(13)8-16/h3-6,10,16-17H,2,7-8,11-12H2,1H3,(H,22,23,24). The molecular formula is C20H21N5O2. The lowest BCUT2D eigenvalue weighted by Crippen LogP contribution is -2.29. The number of hydrogen-bond donors (Lipinski definition) is 1. The van der Waals surface area contributed by atoms with Crippen molar-refractivity contribution in [2.45, 2.75) is 51.4 Å². The van der Waals surface area contributed by atoms with Crippen LogP contribution in [-0.4, -0.2) is 33.1 Å². The molecular weight excluding hydrogens is 342 g/mol. The molecule has 0 saturated carbocycles. The molecule has 0 bridgehead atoms. The van der Waals surface area contributed by atoms with E-state index in [0.717, 1.165) is 24.1 Å². The third kappa shape index (κ3) is 3.56. The zero-order valence-electron chi connectivity index (χ0n) is 15.2. The summed E-state index contributed by atoms with van der Waals surface area (Å²) >= 11 is 0. The predicted octanol–water partition coefficient (Wildman–Crippen LogP) is 2.81. The summed E-state index contributed by atoms with van der Waals surface area (Å²) in [5.41, 5.74) is 4.48. The zero-order valence-corrected chi connectivity index (χ0v) is 15.2. The second-order valence-electron chi connectivity index (χ2n) is 6.95. The highest BCUT2D eigenvalue weighted by Crippen LogP contribution is 2.26. The summed E-state index contributed by atoms with van der Waals surface area (Å²) in [5.74, 6) is 0.588. The van der Waals surface area contributed by atoms with Crippen molar-refractivity contribution in [3.8, 4) is 6.07 Å². The average molecular weight is 363 g/mol.